The zero-order valence-electron chi connectivity index (χ0n) is 24.9. The maximum absolute atomic E-state index is 14.1. The zero-order chi connectivity index (χ0) is 30.0. The number of hydrogen-bond acceptors (Lipinski definition) is 5. The third-order valence-corrected chi connectivity index (χ3v) is 13.9. The van der Waals surface area contributed by atoms with Crippen LogP contribution in [0.3, 0.4) is 0 Å². The van der Waals surface area contributed by atoms with Crippen molar-refractivity contribution in [2.24, 2.45) is 35.0 Å². The number of carbonyl (C=O) groups is 1. The van der Waals surface area contributed by atoms with E-state index in [1.165, 1.54) is 55.0 Å². The van der Waals surface area contributed by atoms with Crippen LogP contribution in [0.5, 0.6) is 0 Å². The summed E-state index contributed by atoms with van der Waals surface area (Å²) in [6.45, 7) is 2.86. The molecule has 7 fully saturated rings. The Labute approximate surface area is 253 Å². The van der Waals surface area contributed by atoms with Crippen molar-refractivity contribution in [3.63, 3.8) is 0 Å². The first-order valence-electron chi connectivity index (χ1n) is 16.6. The van der Waals surface area contributed by atoms with Gasteiger partial charge in [-0.15, -0.1) is 0 Å². The Balaban J connectivity index is 1.06. The minimum Gasteiger partial charge on any atom is -0.465 e. The lowest BCUT2D eigenvalue weighted by Gasteiger charge is -2.57. The summed E-state index contributed by atoms with van der Waals surface area (Å²) in [6, 6.07) is 4.09. The highest BCUT2D eigenvalue weighted by molar-refractivity contribution is 7.89. The second-order valence-corrected chi connectivity index (χ2v) is 16.8. The van der Waals surface area contributed by atoms with Crippen molar-refractivity contribution >= 4 is 16.0 Å². The molecule has 1 aromatic carbocycles. The average Bonchev–Trinajstić information content (AvgIpc) is 2.96. The zero-order valence-corrected chi connectivity index (χ0v) is 25.8. The number of ether oxygens (including phenoxy) is 1. The van der Waals surface area contributed by atoms with E-state index in [4.69, 9.17) is 4.74 Å². The SMILES string of the molecule is O=C(CCC[C@@H]1[C@H]2CCCN3CCC[C@@H](CN1S(=O)(=O)c1cccc(C(F)(F)F)c1)[C@@H]23)OCC12CC3CC(CC(C3)C1)C2. The van der Waals surface area contributed by atoms with Crippen LogP contribution in [-0.2, 0) is 25.7 Å². The molecule has 43 heavy (non-hydrogen) atoms. The maximum atomic E-state index is 14.1. The minimum atomic E-state index is -4.62. The second kappa shape index (κ2) is 11.3. The highest BCUT2D eigenvalue weighted by Crippen LogP contribution is 2.60. The summed E-state index contributed by atoms with van der Waals surface area (Å²) in [6.07, 6.45) is 8.00. The summed E-state index contributed by atoms with van der Waals surface area (Å²) in [5.41, 5.74) is -0.797. The van der Waals surface area contributed by atoms with Gasteiger partial charge in [-0.1, -0.05) is 6.07 Å². The lowest BCUT2D eigenvalue weighted by Crippen LogP contribution is -2.65. The Hall–Kier alpha value is -1.65. The molecule has 0 aromatic heterocycles. The van der Waals surface area contributed by atoms with Crippen molar-refractivity contribution in [2.45, 2.75) is 107 Å². The van der Waals surface area contributed by atoms with E-state index in [0.717, 1.165) is 68.7 Å². The molecule has 0 radical (unpaired) electrons. The molecular formula is C33H45F3N2O4S. The fourth-order valence-corrected chi connectivity index (χ4v) is 12.6. The largest absolute Gasteiger partial charge is 0.465 e. The van der Waals surface area contributed by atoms with Crippen LogP contribution in [0.15, 0.2) is 29.2 Å². The van der Waals surface area contributed by atoms with Crippen molar-refractivity contribution in [1.82, 2.24) is 9.21 Å². The molecule has 7 aliphatic rings. The molecule has 0 N–H and O–H groups in total. The Morgan fingerprint density at radius 2 is 1.67 bits per heavy atom. The Bertz CT molecular complexity index is 1280. The van der Waals surface area contributed by atoms with Crippen molar-refractivity contribution in [3.8, 4) is 0 Å². The van der Waals surface area contributed by atoms with Crippen LogP contribution in [0.1, 0.15) is 89.0 Å². The molecule has 0 amide bonds. The van der Waals surface area contributed by atoms with Crippen LogP contribution in [0, 0.1) is 35.0 Å². The van der Waals surface area contributed by atoms with E-state index >= 15 is 0 Å². The fourth-order valence-electron chi connectivity index (χ4n) is 10.8. The van der Waals surface area contributed by atoms with Gasteiger partial charge >= 0.3 is 12.1 Å². The molecule has 4 atom stereocenters. The van der Waals surface area contributed by atoms with E-state index in [1.54, 1.807) is 0 Å². The van der Waals surface area contributed by atoms with Gasteiger partial charge in [0.25, 0.3) is 0 Å². The molecule has 0 unspecified atom stereocenters. The maximum Gasteiger partial charge on any atom is 0.416 e. The first-order chi connectivity index (χ1) is 20.5. The molecule has 4 aliphatic carbocycles. The lowest BCUT2D eigenvalue weighted by molar-refractivity contribution is -0.155. The number of esters is 1. The van der Waals surface area contributed by atoms with E-state index in [-0.39, 0.29) is 40.6 Å². The molecule has 10 heteroatoms. The molecule has 1 aromatic rings. The van der Waals surface area contributed by atoms with E-state index in [1.807, 2.05) is 0 Å². The fraction of sp³-hybridized carbons (Fsp3) is 0.788. The summed E-state index contributed by atoms with van der Waals surface area (Å²) in [5.74, 6) is 2.44. The summed E-state index contributed by atoms with van der Waals surface area (Å²) < 4.78 is 76.1. The molecule has 3 aliphatic heterocycles. The van der Waals surface area contributed by atoms with Gasteiger partial charge in [0, 0.05) is 30.5 Å². The average molecular weight is 623 g/mol. The van der Waals surface area contributed by atoms with Crippen LogP contribution in [0.2, 0.25) is 0 Å². The van der Waals surface area contributed by atoms with Gasteiger partial charge in [-0.2, -0.15) is 17.5 Å². The van der Waals surface area contributed by atoms with E-state index in [2.05, 4.69) is 4.90 Å². The molecule has 8 rings (SSSR count). The van der Waals surface area contributed by atoms with Gasteiger partial charge in [-0.3, -0.25) is 9.69 Å². The number of alkyl halides is 3. The van der Waals surface area contributed by atoms with Gasteiger partial charge in [-0.05, 0) is 138 Å². The van der Waals surface area contributed by atoms with Gasteiger partial charge < -0.3 is 4.74 Å². The predicted molar refractivity (Wildman–Crippen MR) is 155 cm³/mol. The lowest BCUT2D eigenvalue weighted by atomic mass is 9.50. The quantitative estimate of drug-likeness (QED) is 0.310. The highest BCUT2D eigenvalue weighted by Gasteiger charge is 2.53. The summed E-state index contributed by atoms with van der Waals surface area (Å²) >= 11 is 0. The second-order valence-electron chi connectivity index (χ2n) is 14.9. The van der Waals surface area contributed by atoms with Crippen molar-refractivity contribution < 1.29 is 31.1 Å². The Morgan fingerprint density at radius 3 is 2.35 bits per heavy atom. The van der Waals surface area contributed by atoms with Crippen LogP contribution in [0.25, 0.3) is 0 Å². The van der Waals surface area contributed by atoms with Crippen LogP contribution >= 0.6 is 0 Å². The van der Waals surface area contributed by atoms with Gasteiger partial charge in [0.1, 0.15) is 0 Å². The van der Waals surface area contributed by atoms with Gasteiger partial charge in [0.2, 0.25) is 10.0 Å². The van der Waals surface area contributed by atoms with E-state index in [0.29, 0.717) is 32.0 Å². The van der Waals surface area contributed by atoms with Gasteiger partial charge in [-0.25, -0.2) is 8.42 Å². The van der Waals surface area contributed by atoms with E-state index < -0.39 is 21.8 Å². The molecular weight excluding hydrogens is 577 g/mol. The molecule has 4 bridgehead atoms. The number of halogens is 3. The number of nitrogens with zero attached hydrogens (tertiary/aromatic N) is 2. The number of piperidine rings is 3. The number of rotatable bonds is 8. The summed E-state index contributed by atoms with van der Waals surface area (Å²) in [7, 11) is -4.17. The molecule has 3 saturated heterocycles. The molecule has 3 heterocycles. The molecule has 6 nitrogen and oxygen atoms in total. The first-order valence-corrected chi connectivity index (χ1v) is 18.0. The van der Waals surface area contributed by atoms with Crippen LogP contribution in [0.4, 0.5) is 13.2 Å². The third kappa shape index (κ3) is 5.78. The molecule has 238 valence electrons. The third-order valence-electron chi connectivity index (χ3n) is 12.0. The monoisotopic (exact) mass is 622 g/mol. The minimum absolute atomic E-state index is 0.108. The van der Waals surface area contributed by atoms with Gasteiger partial charge in [0.15, 0.2) is 0 Å². The number of hydrogen-bond donors (Lipinski definition) is 0. The van der Waals surface area contributed by atoms with Crippen molar-refractivity contribution in [3.05, 3.63) is 29.8 Å². The standard InChI is InChI=1S/C33H45F3N2O4S/c34-33(35,36)26-6-1-7-27(16-26)43(40,41)38-20-25-5-3-11-37-12-4-8-28(31(25)37)29(38)9-2-10-30(39)42-21-32-17-22-13-23(18-32)15-24(14-22)19-32/h1,6-7,16,22-25,28-29,31H,2-5,8-15,17-21H2/t22?,23?,24?,25-,28+,29+,31-,32?/m0/s1. The van der Waals surface area contributed by atoms with Crippen molar-refractivity contribution in [1.29, 1.82) is 0 Å². The predicted octanol–water partition coefficient (Wildman–Crippen LogP) is 6.50. The first kappa shape index (κ1) is 30.0. The van der Waals surface area contributed by atoms with Crippen molar-refractivity contribution in [2.75, 3.05) is 26.2 Å². The number of benzene rings is 1. The summed E-state index contributed by atoms with van der Waals surface area (Å²) in [4.78, 5) is 15.2. The Kier molecular flexibility index (Phi) is 7.89. The highest BCUT2D eigenvalue weighted by atomic mass is 32.2. The topological polar surface area (TPSA) is 66.9 Å². The smallest absolute Gasteiger partial charge is 0.416 e. The molecule has 4 saturated carbocycles. The van der Waals surface area contributed by atoms with Gasteiger partial charge in [0.05, 0.1) is 17.1 Å². The van der Waals surface area contributed by atoms with Crippen LogP contribution in [-0.4, -0.2) is 61.9 Å². The normalized spacial score (nSPS) is 37.7. The number of carbonyl (C=O) groups excluding carboxylic acids is 1. The summed E-state index contributed by atoms with van der Waals surface area (Å²) in [5, 5.41) is 0. The van der Waals surface area contributed by atoms with E-state index in [9.17, 15) is 26.4 Å². The Morgan fingerprint density at radius 1 is 1.00 bits per heavy atom. The number of sulfonamides is 1. The molecule has 0 spiro atoms. The van der Waals surface area contributed by atoms with Crippen LogP contribution < -0.4 is 0 Å².